The molecule has 1 saturated heterocycles. The summed E-state index contributed by atoms with van der Waals surface area (Å²) < 4.78 is 1.60. The number of unbranched alkanes of at least 4 members (excludes halogenated alkanes) is 1. The fourth-order valence-electron chi connectivity index (χ4n) is 3.53. The highest BCUT2D eigenvalue weighted by atomic mass is 16.2. The minimum absolute atomic E-state index is 0.294. The van der Waals surface area contributed by atoms with Crippen molar-refractivity contribution >= 4 is 5.69 Å². The minimum Gasteiger partial charge on any atom is -0.369 e. The SMILES string of the molecule is Cc1ccccc1N1CCN(CCCCn2cc(C)c(=O)[nH]c2=O)CC1. The van der Waals surface area contributed by atoms with Crippen LogP contribution >= 0.6 is 0 Å². The first-order valence-corrected chi connectivity index (χ1v) is 9.38. The van der Waals surface area contributed by atoms with Crippen LogP contribution in [0.4, 0.5) is 5.69 Å². The van der Waals surface area contributed by atoms with Crippen molar-refractivity contribution in [3.8, 4) is 0 Å². The molecular weight excluding hydrogens is 328 g/mol. The Morgan fingerprint density at radius 1 is 0.923 bits per heavy atom. The van der Waals surface area contributed by atoms with E-state index in [0.717, 1.165) is 45.6 Å². The molecule has 1 fully saturated rings. The van der Waals surface area contributed by atoms with Crippen LogP contribution in [0.25, 0.3) is 0 Å². The van der Waals surface area contributed by atoms with Gasteiger partial charge in [-0.1, -0.05) is 18.2 Å². The highest BCUT2D eigenvalue weighted by Crippen LogP contribution is 2.20. The number of piperazine rings is 1. The standard InChI is InChI=1S/C20H28N4O2/c1-16-7-3-4-8-18(16)23-13-11-22(12-14-23)9-5-6-10-24-15-17(2)19(25)21-20(24)26/h3-4,7-8,15H,5-6,9-14H2,1-2H3,(H,21,25,26). The Balaban J connectivity index is 1.42. The molecule has 1 aliphatic heterocycles. The van der Waals surface area contributed by atoms with E-state index in [1.165, 1.54) is 11.3 Å². The Morgan fingerprint density at radius 3 is 2.35 bits per heavy atom. The van der Waals surface area contributed by atoms with Crippen molar-refractivity contribution in [1.82, 2.24) is 14.5 Å². The second-order valence-corrected chi connectivity index (χ2v) is 7.09. The lowest BCUT2D eigenvalue weighted by Gasteiger charge is -2.36. The lowest BCUT2D eigenvalue weighted by molar-refractivity contribution is 0.251. The van der Waals surface area contributed by atoms with Crippen LogP contribution in [0.1, 0.15) is 24.0 Å². The minimum atomic E-state index is -0.313. The molecule has 0 radical (unpaired) electrons. The van der Waals surface area contributed by atoms with Crippen molar-refractivity contribution < 1.29 is 0 Å². The zero-order valence-corrected chi connectivity index (χ0v) is 15.7. The highest BCUT2D eigenvalue weighted by Gasteiger charge is 2.17. The predicted octanol–water partition coefficient (Wildman–Crippen LogP) is 1.76. The summed E-state index contributed by atoms with van der Waals surface area (Å²) in [6, 6.07) is 8.57. The van der Waals surface area contributed by atoms with Gasteiger partial charge in [0.25, 0.3) is 5.56 Å². The second kappa shape index (κ2) is 8.36. The zero-order chi connectivity index (χ0) is 18.5. The first-order valence-electron chi connectivity index (χ1n) is 9.38. The number of para-hydroxylation sites is 1. The third-order valence-electron chi connectivity index (χ3n) is 5.14. The molecular formula is C20H28N4O2. The summed E-state index contributed by atoms with van der Waals surface area (Å²) in [5.74, 6) is 0. The van der Waals surface area contributed by atoms with Crippen molar-refractivity contribution in [3.63, 3.8) is 0 Å². The molecule has 6 nitrogen and oxygen atoms in total. The van der Waals surface area contributed by atoms with Crippen molar-refractivity contribution in [2.24, 2.45) is 0 Å². The number of H-pyrrole nitrogens is 1. The first kappa shape index (κ1) is 18.5. The van der Waals surface area contributed by atoms with Gasteiger partial charge in [0.15, 0.2) is 0 Å². The van der Waals surface area contributed by atoms with E-state index in [4.69, 9.17) is 0 Å². The molecule has 0 unspecified atom stereocenters. The Bertz CT molecular complexity index is 847. The van der Waals surface area contributed by atoms with Gasteiger partial charge in [-0.3, -0.25) is 14.7 Å². The molecule has 0 spiro atoms. The average molecular weight is 356 g/mol. The number of hydrogen-bond acceptors (Lipinski definition) is 4. The molecule has 1 aliphatic rings. The molecule has 0 amide bonds. The molecule has 140 valence electrons. The fourth-order valence-corrected chi connectivity index (χ4v) is 3.53. The lowest BCUT2D eigenvalue weighted by atomic mass is 10.1. The smallest absolute Gasteiger partial charge is 0.328 e. The molecule has 1 N–H and O–H groups in total. The number of aromatic amines is 1. The van der Waals surface area contributed by atoms with Gasteiger partial charge in [-0.25, -0.2) is 4.79 Å². The third kappa shape index (κ3) is 4.43. The quantitative estimate of drug-likeness (QED) is 0.801. The van der Waals surface area contributed by atoms with E-state index in [-0.39, 0.29) is 11.2 Å². The van der Waals surface area contributed by atoms with Gasteiger partial charge in [-0.2, -0.15) is 0 Å². The van der Waals surface area contributed by atoms with Gasteiger partial charge >= 0.3 is 5.69 Å². The first-order chi connectivity index (χ1) is 12.5. The fraction of sp³-hybridized carbons (Fsp3) is 0.500. The summed E-state index contributed by atoms with van der Waals surface area (Å²) in [5, 5.41) is 0. The second-order valence-electron chi connectivity index (χ2n) is 7.09. The van der Waals surface area contributed by atoms with Crippen LogP contribution in [0.5, 0.6) is 0 Å². The lowest BCUT2D eigenvalue weighted by Crippen LogP contribution is -2.46. The number of rotatable bonds is 6. The molecule has 1 aromatic heterocycles. The maximum Gasteiger partial charge on any atom is 0.328 e. The Hall–Kier alpha value is -2.34. The van der Waals surface area contributed by atoms with Crippen LogP contribution in [0.3, 0.4) is 0 Å². The van der Waals surface area contributed by atoms with Gasteiger partial charge in [0.2, 0.25) is 0 Å². The zero-order valence-electron chi connectivity index (χ0n) is 15.7. The Kier molecular flexibility index (Phi) is 5.93. The number of aromatic nitrogens is 2. The van der Waals surface area contributed by atoms with Crippen molar-refractivity contribution in [2.45, 2.75) is 33.2 Å². The number of nitrogens with zero attached hydrogens (tertiary/aromatic N) is 3. The molecule has 0 atom stereocenters. The van der Waals surface area contributed by atoms with Gasteiger partial charge in [-0.15, -0.1) is 0 Å². The molecule has 2 heterocycles. The summed E-state index contributed by atoms with van der Waals surface area (Å²) in [5.41, 5.74) is 2.66. The summed E-state index contributed by atoms with van der Waals surface area (Å²) in [6.45, 7) is 9.87. The molecule has 0 aliphatic carbocycles. The van der Waals surface area contributed by atoms with Crippen LogP contribution in [0, 0.1) is 13.8 Å². The molecule has 2 aromatic rings. The molecule has 0 bridgehead atoms. The molecule has 26 heavy (non-hydrogen) atoms. The van der Waals surface area contributed by atoms with Crippen LogP contribution in [0.15, 0.2) is 40.1 Å². The van der Waals surface area contributed by atoms with E-state index in [1.807, 2.05) is 0 Å². The van der Waals surface area contributed by atoms with Gasteiger partial charge in [0.05, 0.1) is 0 Å². The van der Waals surface area contributed by atoms with Gasteiger partial charge in [0, 0.05) is 50.2 Å². The van der Waals surface area contributed by atoms with Crippen LogP contribution < -0.4 is 16.1 Å². The highest BCUT2D eigenvalue weighted by molar-refractivity contribution is 5.53. The third-order valence-corrected chi connectivity index (χ3v) is 5.14. The maximum absolute atomic E-state index is 11.8. The number of nitrogens with one attached hydrogen (secondary N) is 1. The number of anilines is 1. The van der Waals surface area contributed by atoms with Crippen LogP contribution in [-0.4, -0.2) is 47.2 Å². The topological polar surface area (TPSA) is 61.3 Å². The predicted molar refractivity (Wildman–Crippen MR) is 105 cm³/mol. The molecule has 6 heteroatoms. The van der Waals surface area contributed by atoms with Crippen molar-refractivity contribution in [2.75, 3.05) is 37.6 Å². The van der Waals surface area contributed by atoms with E-state index >= 15 is 0 Å². The summed E-state index contributed by atoms with van der Waals surface area (Å²) in [6.07, 6.45) is 3.64. The largest absolute Gasteiger partial charge is 0.369 e. The monoisotopic (exact) mass is 356 g/mol. The maximum atomic E-state index is 11.8. The number of hydrogen-bond donors (Lipinski definition) is 1. The van der Waals surface area contributed by atoms with E-state index in [1.54, 1.807) is 17.7 Å². The Labute approximate surface area is 154 Å². The van der Waals surface area contributed by atoms with E-state index in [9.17, 15) is 9.59 Å². The molecule has 1 aromatic carbocycles. The van der Waals surface area contributed by atoms with Gasteiger partial charge in [0.1, 0.15) is 0 Å². The number of benzene rings is 1. The van der Waals surface area contributed by atoms with E-state index in [2.05, 4.69) is 46.0 Å². The molecule has 0 saturated carbocycles. The van der Waals surface area contributed by atoms with E-state index < -0.39 is 0 Å². The van der Waals surface area contributed by atoms with Crippen molar-refractivity contribution in [1.29, 1.82) is 0 Å². The average Bonchev–Trinajstić information content (AvgIpc) is 2.64. The van der Waals surface area contributed by atoms with E-state index in [0.29, 0.717) is 12.1 Å². The van der Waals surface area contributed by atoms with Crippen molar-refractivity contribution in [3.05, 3.63) is 62.4 Å². The normalized spacial score (nSPS) is 15.4. The van der Waals surface area contributed by atoms with Crippen LogP contribution in [-0.2, 0) is 6.54 Å². The van der Waals surface area contributed by atoms with Gasteiger partial charge in [-0.05, 0) is 44.9 Å². The van der Waals surface area contributed by atoms with Gasteiger partial charge < -0.3 is 9.47 Å². The number of aryl methyl sites for hydroxylation is 3. The summed E-state index contributed by atoms with van der Waals surface area (Å²) in [4.78, 5) is 30.5. The Morgan fingerprint density at radius 2 is 1.62 bits per heavy atom. The molecule has 3 rings (SSSR count). The summed E-state index contributed by atoms with van der Waals surface area (Å²) >= 11 is 0. The van der Waals surface area contributed by atoms with Crippen LogP contribution in [0.2, 0.25) is 0 Å². The summed E-state index contributed by atoms with van der Waals surface area (Å²) in [7, 11) is 0.